The first-order valence-electron chi connectivity index (χ1n) is 11.8. The van der Waals surface area contributed by atoms with Crippen LogP contribution < -0.4 is 34.7 Å². The zero-order valence-corrected chi connectivity index (χ0v) is 21.2. The summed E-state index contributed by atoms with van der Waals surface area (Å²) in [6.07, 6.45) is 5.72. The van der Waals surface area contributed by atoms with Crippen molar-refractivity contribution in [2.45, 2.75) is 96.9 Å². The number of aliphatic hydroxyl groups excluding tert-OH is 3. The first-order chi connectivity index (χ1) is 13.6. The number of carbonyl (C=O) groups is 1. The summed E-state index contributed by atoms with van der Waals surface area (Å²) in [6, 6.07) is 0. The van der Waals surface area contributed by atoms with Crippen molar-refractivity contribution in [3.8, 4) is 0 Å². The van der Waals surface area contributed by atoms with Gasteiger partial charge < -0.3 is 25.2 Å². The van der Waals surface area contributed by atoms with E-state index in [0.29, 0.717) is 18.3 Å². The SMILES string of the molecule is CC(CCC(=O)[O-])C1CCC2C3C(C[C@H](O)[C@]12C)[C@@]1(C)CC[C@@H](O)C[C@H]1C[C@H]3O.[Na+]. The minimum absolute atomic E-state index is 0. The molecule has 0 aliphatic heterocycles. The second-order valence-corrected chi connectivity index (χ2v) is 11.4. The van der Waals surface area contributed by atoms with Crippen LogP contribution in [0, 0.1) is 46.3 Å². The molecule has 0 spiro atoms. The fraction of sp³-hybridized carbons (Fsp3) is 0.958. The molecule has 5 nitrogen and oxygen atoms in total. The molecule has 0 amide bonds. The quantitative estimate of drug-likeness (QED) is 0.503. The molecule has 4 aliphatic rings. The third-order valence-corrected chi connectivity index (χ3v) is 10.3. The average molecular weight is 431 g/mol. The molecule has 4 rings (SSSR count). The van der Waals surface area contributed by atoms with Crippen LogP contribution in [0.5, 0.6) is 0 Å². The van der Waals surface area contributed by atoms with E-state index in [4.69, 9.17) is 0 Å². The summed E-state index contributed by atoms with van der Waals surface area (Å²) in [4.78, 5) is 11.0. The van der Waals surface area contributed by atoms with E-state index in [1.165, 1.54) is 0 Å². The monoisotopic (exact) mass is 430 g/mol. The molecule has 3 N–H and O–H groups in total. The summed E-state index contributed by atoms with van der Waals surface area (Å²) in [7, 11) is 0. The second kappa shape index (κ2) is 8.95. The number of rotatable bonds is 4. The Morgan fingerprint density at radius 2 is 1.77 bits per heavy atom. The molecule has 30 heavy (non-hydrogen) atoms. The number of carboxylic acids is 1. The topological polar surface area (TPSA) is 101 Å². The Balaban J connectivity index is 0.00000256. The fourth-order valence-electron chi connectivity index (χ4n) is 8.68. The molecule has 0 aromatic heterocycles. The number of carboxylic acid groups (broad SMARTS) is 1. The molecule has 0 saturated heterocycles. The molecule has 0 bridgehead atoms. The number of carbonyl (C=O) groups excluding carboxylic acids is 1. The molecule has 0 radical (unpaired) electrons. The van der Waals surface area contributed by atoms with Gasteiger partial charge in [0.25, 0.3) is 0 Å². The van der Waals surface area contributed by atoms with Gasteiger partial charge in [-0.3, -0.25) is 0 Å². The number of aliphatic carboxylic acids is 1. The first-order valence-corrected chi connectivity index (χ1v) is 11.8. The molecular weight excluding hydrogens is 391 g/mol. The number of hydrogen-bond donors (Lipinski definition) is 3. The van der Waals surface area contributed by atoms with Crippen LogP contribution in [0.1, 0.15) is 78.6 Å². The maximum Gasteiger partial charge on any atom is 1.00 e. The molecule has 11 atom stereocenters. The van der Waals surface area contributed by atoms with Gasteiger partial charge >= 0.3 is 29.6 Å². The second-order valence-electron chi connectivity index (χ2n) is 11.4. The Bertz CT molecular complexity index is 643. The van der Waals surface area contributed by atoms with Gasteiger partial charge in [0.15, 0.2) is 0 Å². The van der Waals surface area contributed by atoms with Gasteiger partial charge in [-0.05, 0) is 104 Å². The number of hydrogen-bond acceptors (Lipinski definition) is 5. The molecule has 0 heterocycles. The van der Waals surface area contributed by atoms with E-state index in [-0.39, 0.29) is 82.7 Å². The van der Waals surface area contributed by atoms with Crippen molar-refractivity contribution in [2.24, 2.45) is 46.3 Å². The van der Waals surface area contributed by atoms with Crippen LogP contribution in [0.4, 0.5) is 0 Å². The van der Waals surface area contributed by atoms with Crippen LogP contribution in [0.15, 0.2) is 0 Å². The normalized spacial score (nSPS) is 51.1. The van der Waals surface area contributed by atoms with Crippen molar-refractivity contribution in [2.75, 3.05) is 0 Å². The average Bonchev–Trinajstić information content (AvgIpc) is 3.01. The summed E-state index contributed by atoms with van der Waals surface area (Å²) >= 11 is 0. The Labute approximate surface area is 203 Å². The maximum absolute atomic E-state index is 11.5. The first kappa shape index (κ1) is 25.0. The van der Waals surface area contributed by atoms with Gasteiger partial charge in [0.2, 0.25) is 0 Å². The van der Waals surface area contributed by atoms with Crippen LogP contribution in [0.25, 0.3) is 0 Å². The Morgan fingerprint density at radius 3 is 2.43 bits per heavy atom. The smallest absolute Gasteiger partial charge is 0.550 e. The van der Waals surface area contributed by atoms with Gasteiger partial charge in [0.1, 0.15) is 0 Å². The maximum atomic E-state index is 11.5. The molecule has 6 heteroatoms. The molecular formula is C24H39NaO5. The van der Waals surface area contributed by atoms with E-state index < -0.39 is 12.1 Å². The largest absolute Gasteiger partial charge is 1.00 e. The van der Waals surface area contributed by atoms with E-state index in [2.05, 4.69) is 20.8 Å². The van der Waals surface area contributed by atoms with Gasteiger partial charge in [-0.2, -0.15) is 0 Å². The van der Waals surface area contributed by atoms with E-state index in [0.717, 1.165) is 44.9 Å². The van der Waals surface area contributed by atoms with Crippen LogP contribution in [-0.4, -0.2) is 39.6 Å². The molecule has 5 unspecified atom stereocenters. The third kappa shape index (κ3) is 3.84. The van der Waals surface area contributed by atoms with E-state index >= 15 is 0 Å². The molecule has 0 aromatic rings. The number of fused-ring (bicyclic) bond motifs is 5. The predicted octanol–water partition coefficient (Wildman–Crippen LogP) is -0.882. The van der Waals surface area contributed by atoms with Gasteiger partial charge in [-0.1, -0.05) is 20.8 Å². The summed E-state index contributed by atoms with van der Waals surface area (Å²) in [6.45, 7) is 6.67. The Hall–Kier alpha value is 0.350. The fourth-order valence-corrected chi connectivity index (χ4v) is 8.68. The zero-order valence-electron chi connectivity index (χ0n) is 19.2. The van der Waals surface area contributed by atoms with E-state index in [9.17, 15) is 25.2 Å². The van der Waals surface area contributed by atoms with Crippen molar-refractivity contribution >= 4 is 5.97 Å². The summed E-state index contributed by atoms with van der Waals surface area (Å²) in [5, 5.41) is 43.9. The zero-order chi connectivity index (χ0) is 21.1. The van der Waals surface area contributed by atoms with Crippen LogP contribution >= 0.6 is 0 Å². The van der Waals surface area contributed by atoms with Gasteiger partial charge in [-0.15, -0.1) is 0 Å². The molecule has 4 aliphatic carbocycles. The van der Waals surface area contributed by atoms with Crippen LogP contribution in [-0.2, 0) is 4.79 Å². The van der Waals surface area contributed by atoms with Crippen molar-refractivity contribution in [1.82, 2.24) is 0 Å². The molecule has 0 aromatic carbocycles. The number of aliphatic hydroxyl groups is 3. The van der Waals surface area contributed by atoms with Crippen molar-refractivity contribution < 1.29 is 54.8 Å². The predicted molar refractivity (Wildman–Crippen MR) is 107 cm³/mol. The molecule has 4 fully saturated rings. The van der Waals surface area contributed by atoms with Gasteiger partial charge in [-0.25, -0.2) is 0 Å². The molecule has 4 saturated carbocycles. The summed E-state index contributed by atoms with van der Waals surface area (Å²) < 4.78 is 0. The molecule has 166 valence electrons. The van der Waals surface area contributed by atoms with Crippen molar-refractivity contribution in [3.63, 3.8) is 0 Å². The van der Waals surface area contributed by atoms with Crippen molar-refractivity contribution in [3.05, 3.63) is 0 Å². The minimum Gasteiger partial charge on any atom is -0.550 e. The van der Waals surface area contributed by atoms with Gasteiger partial charge in [0, 0.05) is 5.97 Å². The summed E-state index contributed by atoms with van der Waals surface area (Å²) in [5.41, 5.74) is -0.172. The third-order valence-electron chi connectivity index (χ3n) is 10.3. The van der Waals surface area contributed by atoms with Crippen LogP contribution in [0.3, 0.4) is 0 Å². The summed E-state index contributed by atoms with van der Waals surface area (Å²) in [5.74, 6) is 0.635. The Morgan fingerprint density at radius 1 is 1.07 bits per heavy atom. The van der Waals surface area contributed by atoms with E-state index in [1.807, 2.05) is 0 Å². The minimum atomic E-state index is -0.998. The van der Waals surface area contributed by atoms with E-state index in [1.54, 1.807) is 0 Å². The van der Waals surface area contributed by atoms with Crippen molar-refractivity contribution in [1.29, 1.82) is 0 Å². The standard InChI is InChI=1S/C24H40O5.Na/c1-13(4-7-21(28)29)16-5-6-17-22-18(12-20(27)24(16,17)3)23(2)9-8-15(25)10-14(23)11-19(22)26;/h13-20,22,25-27H,4-12H2,1-3H3,(H,28,29);/q;+1/p-1/t13?,14-,15+,16?,17?,18?,19+,20-,22?,23-,24+;/m0./s1. The Kier molecular flexibility index (Phi) is 7.45. The van der Waals surface area contributed by atoms with Crippen LogP contribution in [0.2, 0.25) is 0 Å². The van der Waals surface area contributed by atoms with Gasteiger partial charge in [0.05, 0.1) is 18.3 Å².